The van der Waals surface area contributed by atoms with Gasteiger partial charge in [0.1, 0.15) is 0 Å². The molecule has 1 rings (SSSR count). The summed E-state index contributed by atoms with van der Waals surface area (Å²) >= 11 is 0. The number of benzene rings is 1. The highest BCUT2D eigenvalue weighted by Crippen LogP contribution is 2.00. The molecule has 1 radical (unpaired) electrons. The molecule has 0 nitrogen and oxygen atoms in total. The third kappa shape index (κ3) is 2.06. The molecule has 0 bridgehead atoms. The van der Waals surface area contributed by atoms with Crippen molar-refractivity contribution in [2.24, 2.45) is 0 Å². The maximum Gasteiger partial charge on any atom is -0.0198 e. The van der Waals surface area contributed by atoms with E-state index >= 15 is 0 Å². The first-order valence-corrected chi connectivity index (χ1v) is 3.44. The lowest BCUT2D eigenvalue weighted by atomic mass is 10.2. The quantitative estimate of drug-likeness (QED) is 0.579. The molecule has 0 aliphatic carbocycles. The highest BCUT2D eigenvalue weighted by Gasteiger charge is 1.79. The Hall–Kier alpha value is -1.04. The maximum atomic E-state index is 2.08. The van der Waals surface area contributed by atoms with Crippen molar-refractivity contribution in [2.75, 3.05) is 0 Å². The summed E-state index contributed by atoms with van der Waals surface area (Å²) in [5, 5.41) is 0. The zero-order chi connectivity index (χ0) is 7.23. The van der Waals surface area contributed by atoms with Gasteiger partial charge in [-0.1, -0.05) is 49.4 Å². The lowest BCUT2D eigenvalue weighted by Crippen LogP contribution is -1.66. The van der Waals surface area contributed by atoms with E-state index in [0.29, 0.717) is 0 Å². The summed E-state index contributed by atoms with van der Waals surface area (Å²) in [7, 11) is 0. The fraction of sp³-hybridized carbons (Fsp3) is 0.100. The van der Waals surface area contributed by atoms with Crippen LogP contribution in [0.5, 0.6) is 0 Å². The van der Waals surface area contributed by atoms with Crippen molar-refractivity contribution in [3.05, 3.63) is 48.4 Å². The molecule has 10 heavy (non-hydrogen) atoms. The van der Waals surface area contributed by atoms with Crippen molar-refractivity contribution in [3.63, 3.8) is 0 Å². The van der Waals surface area contributed by atoms with Gasteiger partial charge in [0.15, 0.2) is 0 Å². The standard InChI is InChI=1S/C10H11/c1-2-3-7-10-8-5-4-6-9-10/h2-9H,1H3/b7-3-. The molecule has 0 fully saturated rings. The lowest BCUT2D eigenvalue weighted by Gasteiger charge is -1.88. The van der Waals surface area contributed by atoms with Crippen LogP contribution in [-0.4, -0.2) is 0 Å². The molecule has 0 heterocycles. The van der Waals surface area contributed by atoms with Crippen molar-refractivity contribution in [1.29, 1.82) is 0 Å². The van der Waals surface area contributed by atoms with E-state index in [9.17, 15) is 0 Å². The smallest absolute Gasteiger partial charge is 0.0198 e. The Bertz CT molecular complexity index is 197. The topological polar surface area (TPSA) is 0 Å². The Labute approximate surface area is 62.2 Å². The Balaban J connectivity index is 2.67. The van der Waals surface area contributed by atoms with E-state index in [2.05, 4.69) is 18.2 Å². The molecule has 0 aliphatic heterocycles. The monoisotopic (exact) mass is 131 g/mol. The third-order valence-corrected chi connectivity index (χ3v) is 1.28. The first kappa shape index (κ1) is 7.07. The fourth-order valence-corrected chi connectivity index (χ4v) is 0.771. The molecule has 0 unspecified atom stereocenters. The van der Waals surface area contributed by atoms with Crippen LogP contribution in [0.1, 0.15) is 12.5 Å². The van der Waals surface area contributed by atoms with Gasteiger partial charge in [0, 0.05) is 0 Å². The second-order valence-electron chi connectivity index (χ2n) is 2.10. The van der Waals surface area contributed by atoms with Crippen molar-refractivity contribution < 1.29 is 0 Å². The molecule has 0 spiro atoms. The van der Waals surface area contributed by atoms with E-state index in [1.54, 1.807) is 0 Å². The summed E-state index contributed by atoms with van der Waals surface area (Å²) in [5.41, 5.74) is 1.25. The number of hydrogen-bond donors (Lipinski definition) is 0. The molecular weight excluding hydrogens is 120 g/mol. The summed E-state index contributed by atoms with van der Waals surface area (Å²) in [4.78, 5) is 0. The van der Waals surface area contributed by atoms with Gasteiger partial charge >= 0.3 is 0 Å². The summed E-state index contributed by atoms with van der Waals surface area (Å²) in [6, 6.07) is 10.3. The first-order valence-electron chi connectivity index (χ1n) is 3.44. The van der Waals surface area contributed by atoms with E-state index in [1.807, 2.05) is 37.6 Å². The molecule has 0 saturated carbocycles. The highest BCUT2D eigenvalue weighted by molar-refractivity contribution is 5.49. The van der Waals surface area contributed by atoms with E-state index in [1.165, 1.54) is 5.56 Å². The van der Waals surface area contributed by atoms with Gasteiger partial charge in [0.2, 0.25) is 0 Å². The summed E-state index contributed by atoms with van der Waals surface area (Å²) in [6.07, 6.45) is 6.14. The molecule has 1 aromatic rings. The molecule has 0 N–H and O–H groups in total. The Kier molecular flexibility index (Phi) is 2.75. The normalized spacial score (nSPS) is 10.5. The van der Waals surface area contributed by atoms with Crippen LogP contribution in [0.4, 0.5) is 0 Å². The molecule has 0 atom stereocenters. The third-order valence-electron chi connectivity index (χ3n) is 1.28. The van der Waals surface area contributed by atoms with Gasteiger partial charge in [-0.25, -0.2) is 0 Å². The molecule has 0 aromatic heterocycles. The van der Waals surface area contributed by atoms with Crippen LogP contribution in [0.15, 0.2) is 36.4 Å². The van der Waals surface area contributed by atoms with Gasteiger partial charge < -0.3 is 0 Å². The highest BCUT2D eigenvalue weighted by atomic mass is 13.8. The second kappa shape index (κ2) is 3.89. The zero-order valence-electron chi connectivity index (χ0n) is 6.12. The molecule has 0 aliphatic rings. The van der Waals surface area contributed by atoms with Crippen molar-refractivity contribution in [3.8, 4) is 0 Å². The molecule has 0 amide bonds. The molecule has 0 heteroatoms. The van der Waals surface area contributed by atoms with Gasteiger partial charge in [0.25, 0.3) is 0 Å². The molecule has 51 valence electrons. The van der Waals surface area contributed by atoms with E-state index in [-0.39, 0.29) is 0 Å². The van der Waals surface area contributed by atoms with Crippen LogP contribution in [0.25, 0.3) is 6.08 Å². The van der Waals surface area contributed by atoms with Gasteiger partial charge in [-0.15, -0.1) is 0 Å². The van der Waals surface area contributed by atoms with Crippen LogP contribution < -0.4 is 0 Å². The van der Waals surface area contributed by atoms with E-state index in [0.717, 1.165) is 0 Å². The average molecular weight is 131 g/mol. The molecule has 1 aromatic carbocycles. The van der Waals surface area contributed by atoms with Gasteiger partial charge in [-0.05, 0) is 12.0 Å². The number of allylic oxidation sites excluding steroid dienone is 1. The SMILES string of the molecule is C[CH]/C=C\c1ccccc1. The summed E-state index contributed by atoms with van der Waals surface area (Å²) in [5.74, 6) is 0. The van der Waals surface area contributed by atoms with Crippen LogP contribution in [-0.2, 0) is 0 Å². The van der Waals surface area contributed by atoms with Crippen LogP contribution in [0, 0.1) is 6.42 Å². The Morgan fingerprint density at radius 3 is 2.40 bits per heavy atom. The van der Waals surface area contributed by atoms with Gasteiger partial charge in [-0.2, -0.15) is 0 Å². The second-order valence-corrected chi connectivity index (χ2v) is 2.10. The molecular formula is C10H11. The number of rotatable bonds is 2. The van der Waals surface area contributed by atoms with Crippen LogP contribution >= 0.6 is 0 Å². The predicted molar refractivity (Wildman–Crippen MR) is 45.5 cm³/mol. The summed E-state index contributed by atoms with van der Waals surface area (Å²) in [6.45, 7) is 2.01. The lowest BCUT2D eigenvalue weighted by molar-refractivity contribution is 1.56. The van der Waals surface area contributed by atoms with Gasteiger partial charge in [0.05, 0.1) is 0 Å². The van der Waals surface area contributed by atoms with E-state index in [4.69, 9.17) is 0 Å². The minimum Gasteiger partial charge on any atom is -0.0805 e. The minimum atomic E-state index is 1.25. The Morgan fingerprint density at radius 2 is 1.80 bits per heavy atom. The van der Waals surface area contributed by atoms with Crippen molar-refractivity contribution in [1.82, 2.24) is 0 Å². The van der Waals surface area contributed by atoms with Crippen LogP contribution in [0.2, 0.25) is 0 Å². The fourth-order valence-electron chi connectivity index (χ4n) is 0.771. The molecule has 0 saturated heterocycles. The van der Waals surface area contributed by atoms with Crippen LogP contribution in [0.3, 0.4) is 0 Å². The Morgan fingerprint density at radius 1 is 1.10 bits per heavy atom. The van der Waals surface area contributed by atoms with Gasteiger partial charge in [-0.3, -0.25) is 0 Å². The minimum absolute atomic E-state index is 1.25. The predicted octanol–water partition coefficient (Wildman–Crippen LogP) is 2.92. The average Bonchev–Trinajstić information content (AvgIpc) is 2.03. The van der Waals surface area contributed by atoms with E-state index < -0.39 is 0 Å². The van der Waals surface area contributed by atoms with Crippen molar-refractivity contribution in [2.45, 2.75) is 6.92 Å². The van der Waals surface area contributed by atoms with Crippen molar-refractivity contribution >= 4 is 6.08 Å². The zero-order valence-corrected chi connectivity index (χ0v) is 6.12. The largest absolute Gasteiger partial charge is 0.0805 e. The summed E-state index contributed by atoms with van der Waals surface area (Å²) < 4.78 is 0. The number of hydrogen-bond acceptors (Lipinski definition) is 0. The first-order chi connectivity index (χ1) is 4.93. The maximum absolute atomic E-state index is 2.08.